The van der Waals surface area contributed by atoms with E-state index in [4.69, 9.17) is 0 Å². The number of halogens is 4. The molecule has 0 spiro atoms. The van der Waals surface area contributed by atoms with Gasteiger partial charge in [-0.05, 0) is 41.1 Å². The normalized spacial score (nSPS) is 11.4. The van der Waals surface area contributed by atoms with Crippen molar-refractivity contribution in [2.75, 3.05) is 5.32 Å². The summed E-state index contributed by atoms with van der Waals surface area (Å²) in [6.07, 6.45) is -3.07. The minimum atomic E-state index is -4.46. The van der Waals surface area contributed by atoms with E-state index in [1.54, 1.807) is 6.92 Å². The summed E-state index contributed by atoms with van der Waals surface area (Å²) >= 11 is 4.28. The summed E-state index contributed by atoms with van der Waals surface area (Å²) in [5.41, 5.74) is -0.757. The predicted molar refractivity (Wildman–Crippen MR) is 73.9 cm³/mol. The van der Waals surface area contributed by atoms with Crippen LogP contribution in [0, 0.1) is 6.92 Å². The molecule has 0 atom stereocenters. The summed E-state index contributed by atoms with van der Waals surface area (Å²) in [6.45, 7) is 1.74. The largest absolute Gasteiger partial charge is 0.416 e. The van der Waals surface area contributed by atoms with Gasteiger partial charge in [0.05, 0.1) is 22.5 Å². The summed E-state index contributed by atoms with van der Waals surface area (Å²) in [5, 5.41) is 3.14. The Hall–Kier alpha value is -1.41. The van der Waals surface area contributed by atoms with Crippen molar-refractivity contribution in [3.05, 3.63) is 44.3 Å². The van der Waals surface area contributed by atoms with Gasteiger partial charge in [0.15, 0.2) is 0 Å². The van der Waals surface area contributed by atoms with Crippen LogP contribution in [0.5, 0.6) is 0 Å². The monoisotopic (exact) mass is 364 g/mol. The van der Waals surface area contributed by atoms with Crippen molar-refractivity contribution in [1.29, 1.82) is 0 Å². The Morgan fingerprint density at radius 3 is 2.65 bits per heavy atom. The number of benzene rings is 1. The predicted octanol–water partition coefficient (Wildman–Crippen LogP) is 4.49. The van der Waals surface area contributed by atoms with Crippen LogP contribution in [0.2, 0.25) is 0 Å². The molecule has 8 heteroatoms. The molecule has 1 aromatic heterocycles. The van der Waals surface area contributed by atoms with E-state index in [-0.39, 0.29) is 5.69 Å². The first-order chi connectivity index (χ1) is 9.27. The molecule has 1 aromatic carbocycles. The van der Waals surface area contributed by atoms with Crippen LogP contribution < -0.4 is 5.32 Å². The van der Waals surface area contributed by atoms with Gasteiger partial charge in [0.25, 0.3) is 5.91 Å². The van der Waals surface area contributed by atoms with E-state index in [1.807, 2.05) is 0 Å². The lowest BCUT2D eigenvalue weighted by molar-refractivity contribution is -0.137. The molecule has 1 heterocycles. The number of nitrogens with one attached hydrogen (secondary N) is 1. The van der Waals surface area contributed by atoms with Crippen molar-refractivity contribution in [3.8, 4) is 0 Å². The van der Waals surface area contributed by atoms with Gasteiger partial charge >= 0.3 is 6.18 Å². The molecule has 20 heavy (non-hydrogen) atoms. The quantitative estimate of drug-likeness (QED) is 0.853. The van der Waals surface area contributed by atoms with Crippen molar-refractivity contribution in [2.24, 2.45) is 0 Å². The number of hydrogen-bond donors (Lipinski definition) is 1. The van der Waals surface area contributed by atoms with E-state index in [9.17, 15) is 18.0 Å². The Morgan fingerprint density at radius 1 is 1.40 bits per heavy atom. The molecule has 2 aromatic rings. The summed E-state index contributed by atoms with van der Waals surface area (Å²) in [6, 6.07) is 3.07. The third kappa shape index (κ3) is 3.37. The van der Waals surface area contributed by atoms with Crippen LogP contribution in [0.4, 0.5) is 18.9 Å². The van der Waals surface area contributed by atoms with Gasteiger partial charge in [0, 0.05) is 4.47 Å². The second-order valence-electron chi connectivity index (χ2n) is 3.89. The molecule has 106 valence electrons. The maximum Gasteiger partial charge on any atom is 0.416 e. The summed E-state index contributed by atoms with van der Waals surface area (Å²) < 4.78 is 38.3. The zero-order chi connectivity index (χ0) is 14.9. The molecule has 0 saturated carbocycles. The highest BCUT2D eigenvalue weighted by Crippen LogP contribution is 2.34. The van der Waals surface area contributed by atoms with Gasteiger partial charge in [0.1, 0.15) is 4.88 Å². The Morgan fingerprint density at radius 2 is 2.10 bits per heavy atom. The van der Waals surface area contributed by atoms with Crippen LogP contribution in [-0.2, 0) is 6.18 Å². The van der Waals surface area contributed by atoms with Gasteiger partial charge in [0.2, 0.25) is 0 Å². The standard InChI is InChI=1S/C12H8BrF3N2OS/c1-6-17-5-10(20-6)11(19)18-9-4-7(12(14,15)16)2-3-8(9)13/h2-5H,1H3,(H,18,19). The molecular weight excluding hydrogens is 357 g/mol. The van der Waals surface area contributed by atoms with Gasteiger partial charge in [-0.25, -0.2) is 4.98 Å². The van der Waals surface area contributed by atoms with Crippen molar-refractivity contribution in [1.82, 2.24) is 4.98 Å². The lowest BCUT2D eigenvalue weighted by atomic mass is 10.2. The van der Waals surface area contributed by atoms with Gasteiger partial charge in [-0.15, -0.1) is 11.3 Å². The van der Waals surface area contributed by atoms with Crippen LogP contribution in [0.15, 0.2) is 28.9 Å². The van der Waals surface area contributed by atoms with Crippen molar-refractivity contribution in [3.63, 3.8) is 0 Å². The third-order valence-electron chi connectivity index (χ3n) is 2.39. The molecule has 0 radical (unpaired) electrons. The lowest BCUT2D eigenvalue weighted by Gasteiger charge is -2.11. The van der Waals surface area contributed by atoms with Crippen LogP contribution in [-0.4, -0.2) is 10.9 Å². The van der Waals surface area contributed by atoms with E-state index < -0.39 is 17.6 Å². The van der Waals surface area contributed by atoms with E-state index in [1.165, 1.54) is 23.6 Å². The zero-order valence-corrected chi connectivity index (χ0v) is 12.5. The van der Waals surface area contributed by atoms with Gasteiger partial charge in [-0.2, -0.15) is 13.2 Å². The summed E-state index contributed by atoms with van der Waals surface area (Å²) in [4.78, 5) is 16.2. The molecule has 1 amide bonds. The molecule has 3 nitrogen and oxygen atoms in total. The number of carbonyl (C=O) groups is 1. The third-order valence-corrected chi connectivity index (χ3v) is 3.99. The Kier molecular flexibility index (Phi) is 4.14. The Labute approximate surface area is 125 Å². The average Bonchev–Trinajstić information content (AvgIpc) is 2.77. The fourth-order valence-corrected chi connectivity index (χ4v) is 2.47. The number of anilines is 1. The molecule has 0 saturated heterocycles. The Bertz CT molecular complexity index is 654. The van der Waals surface area contributed by atoms with E-state index in [0.717, 1.165) is 12.1 Å². The van der Waals surface area contributed by atoms with Crippen molar-refractivity contribution < 1.29 is 18.0 Å². The number of amides is 1. The number of nitrogens with zero attached hydrogens (tertiary/aromatic N) is 1. The minimum absolute atomic E-state index is 0.0656. The number of aromatic nitrogens is 1. The fourth-order valence-electron chi connectivity index (χ4n) is 1.45. The second kappa shape index (κ2) is 5.53. The maximum absolute atomic E-state index is 12.6. The number of rotatable bonds is 2. The van der Waals surface area contributed by atoms with Crippen LogP contribution in [0.1, 0.15) is 20.2 Å². The van der Waals surface area contributed by atoms with Crippen molar-refractivity contribution in [2.45, 2.75) is 13.1 Å². The summed E-state index contributed by atoms with van der Waals surface area (Å²) in [5.74, 6) is -0.490. The average molecular weight is 365 g/mol. The second-order valence-corrected chi connectivity index (χ2v) is 5.98. The smallest absolute Gasteiger partial charge is 0.320 e. The fraction of sp³-hybridized carbons (Fsp3) is 0.167. The number of aryl methyl sites for hydroxylation is 1. The van der Waals surface area contributed by atoms with Crippen molar-refractivity contribution >= 4 is 38.9 Å². The molecular formula is C12H8BrF3N2OS. The van der Waals surface area contributed by atoms with Crippen LogP contribution >= 0.6 is 27.3 Å². The highest BCUT2D eigenvalue weighted by Gasteiger charge is 2.31. The molecule has 0 fully saturated rings. The minimum Gasteiger partial charge on any atom is -0.320 e. The van der Waals surface area contributed by atoms with Crippen LogP contribution in [0.25, 0.3) is 0 Å². The molecule has 0 aliphatic rings. The van der Waals surface area contributed by atoms with E-state index in [2.05, 4.69) is 26.2 Å². The first kappa shape index (κ1) is 15.0. The van der Waals surface area contributed by atoms with Crippen LogP contribution in [0.3, 0.4) is 0 Å². The SMILES string of the molecule is Cc1ncc(C(=O)Nc2cc(C(F)(F)F)ccc2Br)s1. The number of carbonyl (C=O) groups excluding carboxylic acids is 1. The summed E-state index contributed by atoms with van der Waals surface area (Å²) in [7, 11) is 0. The van der Waals surface area contributed by atoms with E-state index >= 15 is 0 Å². The molecule has 0 bridgehead atoms. The first-order valence-corrected chi connectivity index (χ1v) is 6.99. The molecule has 0 aliphatic heterocycles. The first-order valence-electron chi connectivity index (χ1n) is 5.38. The van der Waals surface area contributed by atoms with Gasteiger partial charge in [-0.1, -0.05) is 0 Å². The molecule has 2 rings (SSSR count). The molecule has 0 aliphatic carbocycles. The zero-order valence-electron chi connectivity index (χ0n) is 10.1. The number of alkyl halides is 3. The van der Waals surface area contributed by atoms with Gasteiger partial charge < -0.3 is 5.32 Å². The maximum atomic E-state index is 12.6. The van der Waals surface area contributed by atoms with Gasteiger partial charge in [-0.3, -0.25) is 4.79 Å². The highest BCUT2D eigenvalue weighted by atomic mass is 79.9. The number of thiazole rings is 1. The molecule has 1 N–H and O–H groups in total. The molecule has 0 unspecified atom stereocenters. The lowest BCUT2D eigenvalue weighted by Crippen LogP contribution is -2.12. The van der Waals surface area contributed by atoms with E-state index in [0.29, 0.717) is 14.4 Å². The topological polar surface area (TPSA) is 42.0 Å². The Balaban J connectivity index is 2.27. The highest BCUT2D eigenvalue weighted by molar-refractivity contribution is 9.10. The number of hydrogen-bond acceptors (Lipinski definition) is 3.